The first-order valence-electron chi connectivity index (χ1n) is 9.03. The van der Waals surface area contributed by atoms with Crippen molar-refractivity contribution in [1.82, 2.24) is 25.5 Å². The average molecular weight is 337 g/mol. The minimum atomic E-state index is 0.113. The second-order valence-electron chi connectivity index (χ2n) is 6.74. The van der Waals surface area contributed by atoms with Crippen LogP contribution in [0.15, 0.2) is 5.16 Å². The van der Waals surface area contributed by atoms with Crippen LogP contribution in [0, 0.1) is 0 Å². The highest BCUT2D eigenvalue weighted by Crippen LogP contribution is 2.31. The van der Waals surface area contributed by atoms with Crippen LogP contribution in [0.2, 0.25) is 0 Å². The highest BCUT2D eigenvalue weighted by Gasteiger charge is 2.22. The van der Waals surface area contributed by atoms with E-state index in [1.54, 1.807) is 0 Å². The number of nitrogens with one attached hydrogen (secondary N) is 1. The fraction of sp³-hybridized carbons (Fsp3) is 0.875. The Morgan fingerprint density at radius 3 is 2.43 bits per heavy atom. The molecule has 128 valence electrons. The summed E-state index contributed by atoms with van der Waals surface area (Å²) in [5.41, 5.74) is 0. The molecular formula is C16H27N5OS. The van der Waals surface area contributed by atoms with Gasteiger partial charge in [-0.1, -0.05) is 56.7 Å². The van der Waals surface area contributed by atoms with Crippen molar-refractivity contribution in [3.8, 4) is 0 Å². The second-order valence-corrected chi connectivity index (χ2v) is 7.69. The number of carbonyl (C=O) groups is 1. The summed E-state index contributed by atoms with van der Waals surface area (Å²) in [5.74, 6) is 0.519. The second kappa shape index (κ2) is 8.66. The van der Waals surface area contributed by atoms with Crippen LogP contribution in [0.5, 0.6) is 0 Å². The molecule has 7 heteroatoms. The Hall–Kier alpha value is -1.11. The highest BCUT2D eigenvalue weighted by molar-refractivity contribution is 7.99. The lowest BCUT2D eigenvalue weighted by molar-refractivity contribution is -0.119. The molecule has 1 amide bonds. The third-order valence-corrected chi connectivity index (χ3v) is 5.87. The molecule has 0 unspecified atom stereocenters. The fourth-order valence-corrected chi connectivity index (χ4v) is 4.41. The maximum Gasteiger partial charge on any atom is 0.230 e. The zero-order valence-electron chi connectivity index (χ0n) is 13.7. The summed E-state index contributed by atoms with van der Waals surface area (Å²) < 4.78 is 1.92. The van der Waals surface area contributed by atoms with Crippen LogP contribution in [-0.4, -0.2) is 37.9 Å². The van der Waals surface area contributed by atoms with Gasteiger partial charge in [-0.3, -0.25) is 4.79 Å². The normalized spacial score (nSPS) is 21.0. The Bertz CT molecular complexity index is 492. The Morgan fingerprint density at radius 1 is 1.04 bits per heavy atom. The molecule has 2 saturated carbocycles. The molecule has 0 saturated heterocycles. The number of hydrogen-bond acceptors (Lipinski definition) is 5. The molecule has 1 heterocycles. The van der Waals surface area contributed by atoms with Crippen molar-refractivity contribution < 1.29 is 4.79 Å². The number of amides is 1. The van der Waals surface area contributed by atoms with Crippen molar-refractivity contribution in [1.29, 1.82) is 0 Å². The van der Waals surface area contributed by atoms with Gasteiger partial charge in [0, 0.05) is 6.04 Å². The van der Waals surface area contributed by atoms with Crippen molar-refractivity contribution >= 4 is 17.7 Å². The van der Waals surface area contributed by atoms with Gasteiger partial charge in [-0.15, -0.1) is 5.10 Å². The number of thioether (sulfide) groups is 1. The van der Waals surface area contributed by atoms with Gasteiger partial charge in [0.15, 0.2) is 0 Å². The van der Waals surface area contributed by atoms with Gasteiger partial charge in [0.1, 0.15) is 0 Å². The molecule has 6 nitrogen and oxygen atoms in total. The molecule has 0 aromatic carbocycles. The summed E-state index contributed by atoms with van der Waals surface area (Å²) in [6.07, 6.45) is 13.4. The quantitative estimate of drug-likeness (QED) is 0.836. The summed E-state index contributed by atoms with van der Waals surface area (Å²) in [7, 11) is 0. The van der Waals surface area contributed by atoms with E-state index in [-0.39, 0.29) is 5.91 Å². The molecule has 0 radical (unpaired) electrons. The largest absolute Gasteiger partial charge is 0.353 e. The monoisotopic (exact) mass is 337 g/mol. The lowest BCUT2D eigenvalue weighted by Crippen LogP contribution is -2.36. The fourth-order valence-electron chi connectivity index (χ4n) is 3.66. The molecule has 23 heavy (non-hydrogen) atoms. The van der Waals surface area contributed by atoms with Gasteiger partial charge in [-0.2, -0.15) is 0 Å². The molecule has 1 N–H and O–H groups in total. The summed E-state index contributed by atoms with van der Waals surface area (Å²) in [5, 5.41) is 16.0. The first-order valence-corrected chi connectivity index (χ1v) is 10.0. The Kier molecular flexibility index (Phi) is 6.30. The van der Waals surface area contributed by atoms with Crippen LogP contribution in [0.3, 0.4) is 0 Å². The van der Waals surface area contributed by atoms with Crippen molar-refractivity contribution in [2.45, 2.75) is 87.9 Å². The molecule has 0 spiro atoms. The molecule has 0 aliphatic heterocycles. The summed E-state index contributed by atoms with van der Waals surface area (Å²) in [4.78, 5) is 12.2. The van der Waals surface area contributed by atoms with E-state index >= 15 is 0 Å². The van der Waals surface area contributed by atoms with Gasteiger partial charge >= 0.3 is 0 Å². The van der Waals surface area contributed by atoms with E-state index in [9.17, 15) is 4.79 Å². The Labute approximate surface area is 142 Å². The number of nitrogens with zero attached hydrogens (tertiary/aromatic N) is 4. The van der Waals surface area contributed by atoms with Crippen LogP contribution in [0.1, 0.15) is 76.7 Å². The highest BCUT2D eigenvalue weighted by atomic mass is 32.2. The van der Waals surface area contributed by atoms with E-state index < -0.39 is 0 Å². The van der Waals surface area contributed by atoms with Crippen LogP contribution < -0.4 is 5.32 Å². The zero-order valence-corrected chi connectivity index (χ0v) is 14.6. The molecule has 2 aliphatic carbocycles. The predicted molar refractivity (Wildman–Crippen MR) is 90.3 cm³/mol. The topological polar surface area (TPSA) is 72.7 Å². The van der Waals surface area contributed by atoms with Gasteiger partial charge < -0.3 is 5.32 Å². The minimum Gasteiger partial charge on any atom is -0.353 e. The molecule has 2 fully saturated rings. The van der Waals surface area contributed by atoms with E-state index in [0.29, 0.717) is 17.8 Å². The first-order chi connectivity index (χ1) is 11.3. The van der Waals surface area contributed by atoms with Crippen LogP contribution >= 0.6 is 11.8 Å². The van der Waals surface area contributed by atoms with Crippen molar-refractivity contribution in [2.75, 3.05) is 5.75 Å². The SMILES string of the molecule is O=C(CSc1nnnn1C1CCCC1)NC1CCCCCCC1. The number of carbonyl (C=O) groups excluding carboxylic acids is 1. The Balaban J connectivity index is 1.46. The van der Waals surface area contributed by atoms with E-state index in [1.807, 2.05) is 4.68 Å². The van der Waals surface area contributed by atoms with Gasteiger partial charge in [0.25, 0.3) is 0 Å². The zero-order chi connectivity index (χ0) is 15.9. The molecule has 1 aromatic rings. The first kappa shape index (κ1) is 16.7. The Morgan fingerprint density at radius 2 is 1.70 bits per heavy atom. The smallest absolute Gasteiger partial charge is 0.230 e. The van der Waals surface area contributed by atoms with E-state index in [2.05, 4.69) is 20.8 Å². The van der Waals surface area contributed by atoms with Crippen molar-refractivity contribution in [3.05, 3.63) is 0 Å². The molecule has 0 atom stereocenters. The summed E-state index contributed by atoms with van der Waals surface area (Å²) >= 11 is 1.46. The number of hydrogen-bond donors (Lipinski definition) is 1. The van der Waals surface area contributed by atoms with Crippen LogP contribution in [-0.2, 0) is 4.79 Å². The van der Waals surface area contributed by atoms with Crippen LogP contribution in [0.25, 0.3) is 0 Å². The third-order valence-electron chi connectivity index (χ3n) is 4.94. The lowest BCUT2D eigenvalue weighted by Gasteiger charge is -2.20. The van der Waals surface area contributed by atoms with Gasteiger partial charge in [-0.25, -0.2) is 4.68 Å². The molecule has 2 aliphatic rings. The van der Waals surface area contributed by atoms with E-state index in [1.165, 1.54) is 56.7 Å². The maximum atomic E-state index is 12.2. The minimum absolute atomic E-state index is 0.113. The van der Waals surface area contributed by atoms with Gasteiger partial charge in [0.05, 0.1) is 11.8 Å². The standard InChI is InChI=1S/C16H27N5OS/c22-15(17-13-8-4-2-1-3-5-9-13)12-23-16-18-19-20-21(16)14-10-6-7-11-14/h13-14H,1-12H2,(H,17,22). The van der Waals surface area contributed by atoms with Gasteiger partial charge in [-0.05, 0) is 36.1 Å². The average Bonchev–Trinajstić information content (AvgIpc) is 3.17. The number of aromatic nitrogens is 4. The van der Waals surface area contributed by atoms with E-state index in [4.69, 9.17) is 0 Å². The van der Waals surface area contributed by atoms with Crippen molar-refractivity contribution in [3.63, 3.8) is 0 Å². The molecule has 1 aromatic heterocycles. The summed E-state index contributed by atoms with van der Waals surface area (Å²) in [6.45, 7) is 0. The number of rotatable bonds is 5. The molecule has 3 rings (SSSR count). The lowest BCUT2D eigenvalue weighted by atomic mass is 9.97. The summed E-state index contributed by atoms with van der Waals surface area (Å²) in [6, 6.07) is 0.774. The maximum absolute atomic E-state index is 12.2. The van der Waals surface area contributed by atoms with Crippen LogP contribution in [0.4, 0.5) is 0 Å². The molecule has 0 bridgehead atoms. The van der Waals surface area contributed by atoms with Crippen molar-refractivity contribution in [2.24, 2.45) is 0 Å². The number of tetrazole rings is 1. The third kappa shape index (κ3) is 4.93. The van der Waals surface area contributed by atoms with Gasteiger partial charge in [0.2, 0.25) is 11.1 Å². The molecular weight excluding hydrogens is 310 g/mol. The predicted octanol–water partition coefficient (Wildman–Crippen LogP) is 3.11. The van der Waals surface area contributed by atoms with E-state index in [0.717, 1.165) is 30.8 Å².